The van der Waals surface area contributed by atoms with Crippen molar-refractivity contribution in [3.63, 3.8) is 0 Å². The van der Waals surface area contributed by atoms with Gasteiger partial charge < -0.3 is 10.0 Å². The highest BCUT2D eigenvalue weighted by atomic mass is 16.2. The first-order valence-corrected chi connectivity index (χ1v) is 5.29. The molecule has 0 aromatic carbocycles. The van der Waals surface area contributed by atoms with Crippen LogP contribution in [0.15, 0.2) is 12.8 Å². The second kappa shape index (κ2) is 8.75. The molecule has 1 N–H and O–H groups in total. The number of amides is 1. The number of hydrogen-bond donors (Lipinski definition) is 1. The number of carbonyl (C=O) groups excluding carboxylic acids is 1. The van der Waals surface area contributed by atoms with Crippen LogP contribution in [-0.4, -0.2) is 29.1 Å². The smallest absolute Gasteiger partial charge is 0.226 e. The minimum absolute atomic E-state index is 0.208. The predicted octanol–water partition coefficient (Wildman–Crippen LogP) is 1.92. The summed E-state index contributed by atoms with van der Waals surface area (Å²) in [5.74, 6) is 0.208. The average Bonchev–Trinajstić information content (AvgIpc) is 2.61. The third-order valence-corrected chi connectivity index (χ3v) is 2.09. The van der Waals surface area contributed by atoms with Crippen molar-refractivity contribution in [3.05, 3.63) is 12.8 Å². The van der Waals surface area contributed by atoms with E-state index in [1.54, 1.807) is 11.1 Å². The van der Waals surface area contributed by atoms with E-state index in [9.17, 15) is 4.79 Å². The van der Waals surface area contributed by atoms with Gasteiger partial charge in [0.1, 0.15) is 0 Å². The largest absolute Gasteiger partial charge is 0.396 e. The third kappa shape index (κ3) is 5.75. The van der Waals surface area contributed by atoms with Gasteiger partial charge in [0.05, 0.1) is 0 Å². The molecule has 0 radical (unpaired) electrons. The maximum absolute atomic E-state index is 10.7. The summed E-state index contributed by atoms with van der Waals surface area (Å²) in [5.41, 5.74) is 0. The minimum atomic E-state index is 0.208. The van der Waals surface area contributed by atoms with Gasteiger partial charge in [-0.15, -0.1) is 0 Å². The molecule has 3 nitrogen and oxygen atoms in total. The topological polar surface area (TPSA) is 40.5 Å². The standard InChI is InChI=1S/C6H9NO.C5H12O/c1-2-7-5-3-4-6(7)8;1-2-3-4-5-6/h2H,1,3-5H2;6H,2-5H2,1H3. The molecule has 1 fully saturated rings. The van der Waals surface area contributed by atoms with Crippen LogP contribution in [-0.2, 0) is 4.79 Å². The van der Waals surface area contributed by atoms with Gasteiger partial charge >= 0.3 is 0 Å². The number of unbranched alkanes of at least 4 members (excludes halogenated alkanes) is 2. The van der Waals surface area contributed by atoms with E-state index in [0.29, 0.717) is 13.0 Å². The van der Waals surface area contributed by atoms with Crippen LogP contribution in [0.5, 0.6) is 0 Å². The molecule has 0 aliphatic carbocycles. The van der Waals surface area contributed by atoms with Crippen LogP contribution in [0.4, 0.5) is 0 Å². The SMILES string of the molecule is C=CN1CCCC1=O.CCCCCO. The van der Waals surface area contributed by atoms with Crippen molar-refractivity contribution in [2.24, 2.45) is 0 Å². The summed E-state index contributed by atoms with van der Waals surface area (Å²) in [6.45, 7) is 6.84. The molecule has 1 heterocycles. The highest BCUT2D eigenvalue weighted by Gasteiger charge is 2.15. The highest BCUT2D eigenvalue weighted by molar-refractivity contribution is 5.78. The van der Waals surface area contributed by atoms with E-state index in [0.717, 1.165) is 25.8 Å². The Morgan fingerprint density at radius 3 is 2.50 bits per heavy atom. The molecule has 1 saturated heterocycles. The molecule has 3 heteroatoms. The lowest BCUT2D eigenvalue weighted by Crippen LogP contribution is -2.16. The summed E-state index contributed by atoms with van der Waals surface area (Å²) in [7, 11) is 0. The van der Waals surface area contributed by atoms with E-state index in [1.807, 2.05) is 0 Å². The van der Waals surface area contributed by atoms with E-state index in [2.05, 4.69) is 13.5 Å². The van der Waals surface area contributed by atoms with Gasteiger partial charge in [-0.2, -0.15) is 0 Å². The number of hydrogen-bond acceptors (Lipinski definition) is 2. The lowest BCUT2D eigenvalue weighted by Gasteiger charge is -2.05. The minimum Gasteiger partial charge on any atom is -0.396 e. The maximum atomic E-state index is 10.7. The van der Waals surface area contributed by atoms with Crippen LogP contribution in [0.25, 0.3) is 0 Å². The lowest BCUT2D eigenvalue weighted by atomic mass is 10.3. The third-order valence-electron chi connectivity index (χ3n) is 2.09. The predicted molar refractivity (Wildman–Crippen MR) is 57.8 cm³/mol. The number of aliphatic hydroxyl groups excluding tert-OH is 1. The molecule has 1 rings (SSSR count). The molecule has 1 aliphatic heterocycles. The van der Waals surface area contributed by atoms with Gasteiger partial charge in [0.15, 0.2) is 0 Å². The van der Waals surface area contributed by atoms with Gasteiger partial charge in [-0.05, 0) is 19.0 Å². The van der Waals surface area contributed by atoms with Crippen LogP contribution in [0, 0.1) is 0 Å². The molecule has 0 saturated carbocycles. The van der Waals surface area contributed by atoms with E-state index in [4.69, 9.17) is 5.11 Å². The number of likely N-dealkylation sites (tertiary alicyclic amines) is 1. The number of rotatable bonds is 4. The van der Waals surface area contributed by atoms with Gasteiger partial charge in [0.2, 0.25) is 5.91 Å². The molecule has 0 aromatic heterocycles. The normalized spacial score (nSPS) is 15.0. The van der Waals surface area contributed by atoms with Gasteiger partial charge in [0, 0.05) is 19.6 Å². The molecule has 14 heavy (non-hydrogen) atoms. The fourth-order valence-corrected chi connectivity index (χ4v) is 1.22. The molecule has 0 atom stereocenters. The van der Waals surface area contributed by atoms with Crippen molar-refractivity contribution in [3.8, 4) is 0 Å². The second-order valence-electron chi connectivity index (χ2n) is 3.30. The zero-order valence-electron chi connectivity index (χ0n) is 9.04. The molecule has 0 bridgehead atoms. The summed E-state index contributed by atoms with van der Waals surface area (Å²) < 4.78 is 0. The monoisotopic (exact) mass is 199 g/mol. The Bertz CT molecular complexity index is 165. The fraction of sp³-hybridized carbons (Fsp3) is 0.727. The van der Waals surface area contributed by atoms with E-state index >= 15 is 0 Å². The van der Waals surface area contributed by atoms with Crippen molar-refractivity contribution < 1.29 is 9.90 Å². The second-order valence-corrected chi connectivity index (χ2v) is 3.30. The van der Waals surface area contributed by atoms with Crippen molar-refractivity contribution in [2.45, 2.75) is 39.0 Å². The van der Waals surface area contributed by atoms with Crippen LogP contribution in [0.1, 0.15) is 39.0 Å². The van der Waals surface area contributed by atoms with Gasteiger partial charge in [-0.3, -0.25) is 4.79 Å². The van der Waals surface area contributed by atoms with Crippen LogP contribution < -0.4 is 0 Å². The average molecular weight is 199 g/mol. The molecule has 1 amide bonds. The molecular weight excluding hydrogens is 178 g/mol. The number of nitrogens with zero attached hydrogens (tertiary/aromatic N) is 1. The number of aliphatic hydroxyl groups is 1. The lowest BCUT2D eigenvalue weighted by molar-refractivity contribution is -0.125. The first-order valence-electron chi connectivity index (χ1n) is 5.29. The van der Waals surface area contributed by atoms with Gasteiger partial charge in [-0.25, -0.2) is 0 Å². The van der Waals surface area contributed by atoms with Crippen LogP contribution in [0.2, 0.25) is 0 Å². The van der Waals surface area contributed by atoms with Crippen molar-refractivity contribution in [1.82, 2.24) is 4.90 Å². The summed E-state index contributed by atoms with van der Waals surface area (Å²) >= 11 is 0. The Balaban J connectivity index is 0.000000255. The zero-order chi connectivity index (χ0) is 10.8. The maximum Gasteiger partial charge on any atom is 0.226 e. The summed E-state index contributed by atoms with van der Waals surface area (Å²) in [4.78, 5) is 12.3. The Morgan fingerprint density at radius 2 is 2.29 bits per heavy atom. The quantitative estimate of drug-likeness (QED) is 0.703. The molecule has 82 valence electrons. The molecule has 1 aliphatic rings. The molecular formula is C11H21NO2. The molecule has 0 unspecified atom stereocenters. The summed E-state index contributed by atoms with van der Waals surface area (Å²) in [6.07, 6.45) is 6.61. The van der Waals surface area contributed by atoms with Crippen molar-refractivity contribution in [1.29, 1.82) is 0 Å². The Hall–Kier alpha value is -0.830. The highest BCUT2D eigenvalue weighted by Crippen LogP contribution is 2.08. The van der Waals surface area contributed by atoms with Crippen LogP contribution in [0.3, 0.4) is 0 Å². The fourth-order valence-electron chi connectivity index (χ4n) is 1.22. The van der Waals surface area contributed by atoms with Crippen molar-refractivity contribution >= 4 is 5.91 Å². The Labute approximate surface area is 86.4 Å². The number of carbonyl (C=O) groups is 1. The van der Waals surface area contributed by atoms with Crippen molar-refractivity contribution in [2.75, 3.05) is 13.2 Å². The van der Waals surface area contributed by atoms with E-state index in [-0.39, 0.29) is 5.91 Å². The van der Waals surface area contributed by atoms with E-state index < -0.39 is 0 Å². The Morgan fingerprint density at radius 1 is 1.57 bits per heavy atom. The van der Waals surface area contributed by atoms with Gasteiger partial charge in [-0.1, -0.05) is 26.3 Å². The van der Waals surface area contributed by atoms with E-state index in [1.165, 1.54) is 6.42 Å². The molecule has 0 aromatic rings. The summed E-state index contributed by atoms with van der Waals surface area (Å²) in [5, 5.41) is 8.20. The van der Waals surface area contributed by atoms with Gasteiger partial charge in [0.25, 0.3) is 0 Å². The molecule has 0 spiro atoms. The first kappa shape index (κ1) is 13.2. The zero-order valence-corrected chi connectivity index (χ0v) is 9.04. The summed E-state index contributed by atoms with van der Waals surface area (Å²) in [6, 6.07) is 0. The Kier molecular flexibility index (Phi) is 8.24. The van der Waals surface area contributed by atoms with Crippen LogP contribution >= 0.6 is 0 Å². The first-order chi connectivity index (χ1) is 6.76.